The predicted octanol–water partition coefficient (Wildman–Crippen LogP) is 5.56. The molecule has 1 aliphatic rings. The summed E-state index contributed by atoms with van der Waals surface area (Å²) < 4.78 is 13.3. The molecule has 2 rings (SSSR count). The van der Waals surface area contributed by atoms with E-state index in [1.54, 1.807) is 0 Å². The molecule has 1 aliphatic carbocycles. The molecule has 156 valence electrons. The highest BCUT2D eigenvalue weighted by Crippen LogP contribution is 2.32. The molecule has 2 N–H and O–H groups in total. The van der Waals surface area contributed by atoms with Crippen molar-refractivity contribution in [3.8, 4) is 0 Å². The van der Waals surface area contributed by atoms with Crippen LogP contribution in [0, 0.1) is 23.6 Å². The summed E-state index contributed by atoms with van der Waals surface area (Å²) in [4.78, 5) is 25.4. The average molecular weight is 411 g/mol. The van der Waals surface area contributed by atoms with Gasteiger partial charge in [-0.25, -0.2) is 4.39 Å². The van der Waals surface area contributed by atoms with Crippen LogP contribution in [0.2, 0.25) is 5.02 Å². The molecule has 1 atom stereocenters. The molecule has 0 spiro atoms. The van der Waals surface area contributed by atoms with Crippen LogP contribution in [-0.2, 0) is 9.59 Å². The molecule has 1 saturated carbocycles. The molecular weight excluding hydrogens is 379 g/mol. The minimum atomic E-state index is -0.644. The minimum Gasteiger partial charge on any atom is -0.344 e. The first kappa shape index (κ1) is 22.7. The Hall–Kier alpha value is -1.62. The highest BCUT2D eigenvalue weighted by Gasteiger charge is 2.30. The van der Waals surface area contributed by atoms with E-state index in [1.165, 1.54) is 37.5 Å². The quantitative estimate of drug-likeness (QED) is 0.589. The Morgan fingerprint density at radius 1 is 1.21 bits per heavy atom. The molecule has 2 amide bonds. The zero-order valence-electron chi connectivity index (χ0n) is 17.1. The Morgan fingerprint density at radius 2 is 1.89 bits per heavy atom. The van der Waals surface area contributed by atoms with Gasteiger partial charge in [0.15, 0.2) is 0 Å². The fraction of sp³-hybridized carbons (Fsp3) is 0.636. The summed E-state index contributed by atoms with van der Waals surface area (Å²) in [6, 6.07) is 3.38. The number of benzene rings is 1. The van der Waals surface area contributed by atoms with Crippen molar-refractivity contribution >= 4 is 29.1 Å². The van der Waals surface area contributed by atoms with Crippen molar-refractivity contribution < 1.29 is 14.0 Å². The van der Waals surface area contributed by atoms with E-state index in [0.717, 1.165) is 31.6 Å². The topological polar surface area (TPSA) is 58.2 Å². The van der Waals surface area contributed by atoms with Crippen molar-refractivity contribution in [2.24, 2.45) is 17.8 Å². The minimum absolute atomic E-state index is 0.0211. The molecule has 1 fully saturated rings. The molecule has 28 heavy (non-hydrogen) atoms. The number of rotatable bonds is 8. The highest BCUT2D eigenvalue weighted by atomic mass is 35.5. The van der Waals surface area contributed by atoms with Crippen LogP contribution in [0.5, 0.6) is 0 Å². The number of hydrogen-bond acceptors (Lipinski definition) is 2. The molecule has 6 heteroatoms. The van der Waals surface area contributed by atoms with Gasteiger partial charge < -0.3 is 10.6 Å². The molecule has 0 bridgehead atoms. The van der Waals surface area contributed by atoms with E-state index >= 15 is 0 Å². The summed E-state index contributed by atoms with van der Waals surface area (Å²) >= 11 is 5.77. The number of anilines is 1. The summed E-state index contributed by atoms with van der Waals surface area (Å²) in [5, 5.41) is 5.60. The van der Waals surface area contributed by atoms with Gasteiger partial charge in [-0.1, -0.05) is 51.6 Å². The van der Waals surface area contributed by atoms with Gasteiger partial charge in [0.2, 0.25) is 11.8 Å². The van der Waals surface area contributed by atoms with E-state index in [2.05, 4.69) is 17.6 Å². The maximum atomic E-state index is 13.3. The second-order valence-electron chi connectivity index (χ2n) is 8.21. The highest BCUT2D eigenvalue weighted by molar-refractivity contribution is 6.31. The Morgan fingerprint density at radius 3 is 2.46 bits per heavy atom. The van der Waals surface area contributed by atoms with Gasteiger partial charge in [-0.3, -0.25) is 9.59 Å². The zero-order chi connectivity index (χ0) is 20.7. The van der Waals surface area contributed by atoms with Crippen molar-refractivity contribution in [2.75, 3.05) is 5.32 Å². The van der Waals surface area contributed by atoms with Crippen LogP contribution in [0.3, 0.4) is 0 Å². The molecule has 4 nitrogen and oxygen atoms in total. The summed E-state index contributed by atoms with van der Waals surface area (Å²) in [5.41, 5.74) is 0.410. The first-order valence-electron chi connectivity index (χ1n) is 10.4. The Bertz CT molecular complexity index is 673. The van der Waals surface area contributed by atoms with Crippen LogP contribution in [0.15, 0.2) is 18.2 Å². The zero-order valence-corrected chi connectivity index (χ0v) is 17.8. The Kier molecular flexibility index (Phi) is 8.74. The van der Waals surface area contributed by atoms with Crippen LogP contribution >= 0.6 is 11.6 Å². The summed E-state index contributed by atoms with van der Waals surface area (Å²) in [7, 11) is 0. The SMILES string of the molecule is CCCCC1CCC(C(=O)NC(C(=O)Nc2ccc(F)c(Cl)c2)C(C)C)CC1. The van der Waals surface area contributed by atoms with Crippen molar-refractivity contribution in [3.63, 3.8) is 0 Å². The standard InChI is InChI=1S/C22H32ClFN2O2/c1-4-5-6-15-7-9-16(10-8-15)21(27)26-20(14(2)3)22(28)25-17-11-12-19(24)18(23)13-17/h11-16,20H,4-10H2,1-3H3,(H,25,28)(H,26,27). The van der Waals surface area contributed by atoms with Crippen LogP contribution < -0.4 is 10.6 Å². The molecule has 1 aromatic rings. The fourth-order valence-corrected chi connectivity index (χ4v) is 3.99. The number of nitrogens with one attached hydrogen (secondary N) is 2. The van der Waals surface area contributed by atoms with Crippen LogP contribution in [-0.4, -0.2) is 17.9 Å². The largest absolute Gasteiger partial charge is 0.344 e. The van der Waals surface area contributed by atoms with Gasteiger partial charge in [0.25, 0.3) is 0 Å². The van der Waals surface area contributed by atoms with Gasteiger partial charge in [-0.05, 0) is 55.7 Å². The van der Waals surface area contributed by atoms with E-state index in [1.807, 2.05) is 13.8 Å². The summed E-state index contributed by atoms with van der Waals surface area (Å²) in [5.74, 6) is -0.255. The lowest BCUT2D eigenvalue weighted by Gasteiger charge is -2.30. The third-order valence-electron chi connectivity index (χ3n) is 5.62. The van der Waals surface area contributed by atoms with Crippen LogP contribution in [0.4, 0.5) is 10.1 Å². The van der Waals surface area contributed by atoms with E-state index < -0.39 is 11.9 Å². The number of hydrogen-bond donors (Lipinski definition) is 2. The normalized spacial score (nSPS) is 20.6. The number of unbranched alkanes of at least 4 members (excludes halogenated alkanes) is 1. The van der Waals surface area contributed by atoms with E-state index in [9.17, 15) is 14.0 Å². The van der Waals surface area contributed by atoms with Gasteiger partial charge >= 0.3 is 0 Å². The molecule has 0 radical (unpaired) electrons. The van der Waals surface area contributed by atoms with Gasteiger partial charge in [-0.15, -0.1) is 0 Å². The number of amides is 2. The Labute approximate surface area is 172 Å². The number of carbonyl (C=O) groups excluding carboxylic acids is 2. The van der Waals surface area contributed by atoms with Crippen molar-refractivity contribution in [1.82, 2.24) is 5.32 Å². The third-order valence-corrected chi connectivity index (χ3v) is 5.91. The molecule has 0 saturated heterocycles. The molecule has 1 unspecified atom stereocenters. The van der Waals surface area contributed by atoms with E-state index in [-0.39, 0.29) is 28.7 Å². The molecular formula is C22H32ClFN2O2. The summed E-state index contributed by atoms with van der Waals surface area (Å²) in [6.07, 6.45) is 7.67. The van der Waals surface area contributed by atoms with Gasteiger partial charge in [0.05, 0.1) is 5.02 Å². The van der Waals surface area contributed by atoms with Gasteiger partial charge in [-0.2, -0.15) is 0 Å². The van der Waals surface area contributed by atoms with Crippen molar-refractivity contribution in [2.45, 2.75) is 71.8 Å². The maximum Gasteiger partial charge on any atom is 0.247 e. The van der Waals surface area contributed by atoms with E-state index in [4.69, 9.17) is 11.6 Å². The second kappa shape index (κ2) is 10.8. The van der Waals surface area contributed by atoms with Gasteiger partial charge in [0.1, 0.15) is 11.9 Å². The first-order valence-corrected chi connectivity index (χ1v) is 10.8. The lowest BCUT2D eigenvalue weighted by Crippen LogP contribution is -2.49. The summed E-state index contributed by atoms with van der Waals surface area (Å²) in [6.45, 7) is 5.99. The smallest absolute Gasteiger partial charge is 0.247 e. The second-order valence-corrected chi connectivity index (χ2v) is 8.62. The predicted molar refractivity (Wildman–Crippen MR) is 112 cm³/mol. The molecule has 0 aliphatic heterocycles. The Balaban J connectivity index is 1.91. The number of halogens is 2. The lowest BCUT2D eigenvalue weighted by molar-refractivity contribution is -0.131. The lowest BCUT2D eigenvalue weighted by atomic mass is 9.79. The van der Waals surface area contributed by atoms with E-state index in [0.29, 0.717) is 5.69 Å². The van der Waals surface area contributed by atoms with Crippen LogP contribution in [0.1, 0.15) is 65.7 Å². The average Bonchev–Trinajstić information content (AvgIpc) is 2.67. The first-order chi connectivity index (χ1) is 13.3. The monoisotopic (exact) mass is 410 g/mol. The third kappa shape index (κ3) is 6.47. The van der Waals surface area contributed by atoms with Crippen molar-refractivity contribution in [3.05, 3.63) is 29.0 Å². The van der Waals surface area contributed by atoms with Crippen LogP contribution in [0.25, 0.3) is 0 Å². The molecule has 1 aromatic carbocycles. The number of carbonyl (C=O) groups is 2. The molecule has 0 aromatic heterocycles. The maximum absolute atomic E-state index is 13.3. The fourth-order valence-electron chi connectivity index (χ4n) is 3.81. The van der Waals surface area contributed by atoms with Crippen molar-refractivity contribution in [1.29, 1.82) is 0 Å². The molecule has 0 heterocycles. The van der Waals surface area contributed by atoms with Gasteiger partial charge in [0, 0.05) is 11.6 Å².